The summed E-state index contributed by atoms with van der Waals surface area (Å²) in [6.45, 7) is 10.6. The highest BCUT2D eigenvalue weighted by molar-refractivity contribution is 5.94. The van der Waals surface area contributed by atoms with Gasteiger partial charge in [0.05, 0.1) is 54.4 Å². The van der Waals surface area contributed by atoms with E-state index in [-0.39, 0.29) is 77.7 Å². The molecule has 19 rings (SSSR count). The van der Waals surface area contributed by atoms with Gasteiger partial charge in [0.15, 0.2) is 17.5 Å². The molecule has 5 saturated heterocycles. The number of epoxide rings is 1. The molecule has 0 amide bonds. The minimum atomic E-state index is -1.57. The largest absolute Gasteiger partial charge is 0.469 e. The summed E-state index contributed by atoms with van der Waals surface area (Å²) in [6, 6.07) is 11.2. The predicted octanol–water partition coefficient (Wildman–Crippen LogP) is 9.57. The molecule has 1 aromatic carbocycles. The third-order valence-corrected chi connectivity index (χ3v) is 30.7. The van der Waals surface area contributed by atoms with Crippen molar-refractivity contribution in [1.29, 1.82) is 0 Å². The maximum Gasteiger partial charge on any atom is 0.339 e. The van der Waals surface area contributed by atoms with Gasteiger partial charge in [-0.3, -0.25) is 14.9 Å². The average Bonchev–Trinajstić information content (AvgIpc) is 1.41. The molecule has 26 unspecified atom stereocenters. The van der Waals surface area contributed by atoms with E-state index in [1.54, 1.807) is 0 Å². The zero-order chi connectivity index (χ0) is 59.7. The van der Waals surface area contributed by atoms with Gasteiger partial charge in [0.2, 0.25) is 0 Å². The lowest BCUT2D eigenvalue weighted by molar-refractivity contribution is -0.320. The van der Waals surface area contributed by atoms with Crippen LogP contribution >= 0.6 is 0 Å². The first-order valence-electron chi connectivity index (χ1n) is 35.3. The van der Waals surface area contributed by atoms with Crippen LogP contribution in [-0.4, -0.2) is 106 Å². The number of nitrogens with one attached hydrogen (secondary N) is 1. The minimum Gasteiger partial charge on any atom is -0.469 e. The Kier molecular flexibility index (Phi) is 11.4. The number of allylic oxidation sites excluding steroid dienone is 1. The number of cyclic esters (lactones) is 1. The molecule has 1 aromatic heterocycles. The minimum absolute atomic E-state index is 0.0224. The van der Waals surface area contributed by atoms with Gasteiger partial charge in [-0.2, -0.15) is 0 Å². The summed E-state index contributed by atoms with van der Waals surface area (Å²) in [6.07, 6.45) is 22.4. The van der Waals surface area contributed by atoms with Gasteiger partial charge in [-0.1, -0.05) is 87.9 Å². The van der Waals surface area contributed by atoms with Gasteiger partial charge in [-0.15, -0.1) is 0 Å². The average molecular weight is 1200 g/mol. The molecule has 8 saturated carbocycles. The third-order valence-electron chi connectivity index (χ3n) is 30.7. The summed E-state index contributed by atoms with van der Waals surface area (Å²) in [7, 11) is 0. The number of Topliss-reactive ketones (excluding diaryl/α,β-unsaturated/α-hetero) is 1. The lowest BCUT2D eigenvalue weighted by Crippen LogP contribution is -2.84. The van der Waals surface area contributed by atoms with Gasteiger partial charge in [-0.05, 0) is 209 Å². The molecule has 88 heavy (non-hydrogen) atoms. The Hall–Kier alpha value is -4.29. The number of benzene rings is 1. The van der Waals surface area contributed by atoms with Crippen LogP contribution in [0.3, 0.4) is 0 Å². The maximum atomic E-state index is 17.6. The number of aryl methyl sites for hydroxylation is 1. The summed E-state index contributed by atoms with van der Waals surface area (Å²) < 4.78 is 38.3. The van der Waals surface area contributed by atoms with Crippen molar-refractivity contribution in [3.8, 4) is 11.8 Å². The van der Waals surface area contributed by atoms with Gasteiger partial charge in [0, 0.05) is 47.2 Å². The number of rotatable bonds is 9. The molecule has 10 aliphatic carbocycles. The Morgan fingerprint density at radius 3 is 2.57 bits per heavy atom. The summed E-state index contributed by atoms with van der Waals surface area (Å²) in [4.78, 5) is 52.7. The van der Waals surface area contributed by atoms with Crippen LogP contribution in [0.5, 0.6) is 0 Å². The van der Waals surface area contributed by atoms with E-state index in [4.69, 9.17) is 23.4 Å². The first-order chi connectivity index (χ1) is 42.5. The molecule has 13 heteroatoms. The Morgan fingerprint density at radius 1 is 0.909 bits per heavy atom. The molecule has 468 valence electrons. The summed E-state index contributed by atoms with van der Waals surface area (Å²) in [5.74, 6) is 5.85. The molecule has 13 nitrogen and oxygen atoms in total. The van der Waals surface area contributed by atoms with Crippen LogP contribution < -0.4 is 5.32 Å². The van der Waals surface area contributed by atoms with Crippen molar-refractivity contribution in [2.45, 2.75) is 203 Å². The van der Waals surface area contributed by atoms with E-state index < -0.39 is 97.9 Å². The highest BCUT2D eigenvalue weighted by Gasteiger charge is 3.01. The number of hydrogen-bond acceptors (Lipinski definition) is 13. The third kappa shape index (κ3) is 6.09. The van der Waals surface area contributed by atoms with E-state index in [0.29, 0.717) is 55.7 Å². The van der Waals surface area contributed by atoms with E-state index in [1.165, 1.54) is 11.1 Å². The maximum absolute atomic E-state index is 17.6. The van der Waals surface area contributed by atoms with Crippen LogP contribution in [-0.2, 0) is 58.2 Å². The topological polar surface area (TPSA) is 181 Å². The standard InChI is InChI=1S/C75H92N2O11/c1-40(2)26-50-31-51-30-49-20-24-69(22-8-9-23-69)70(49)34-47-33-67(3)73-48(18-15-46-37-84-57(58(46)73)32-53(56(79)36-78)44-16-19-52-45(29-44)21-25-77-39-76-35-55(52)77)17-14-43-13-12-42(27-41-10-6-5-7-11-41)28-54(43)72(75(67)64(86-75)66(83)87-73)60(47)71-38-85-65(82)62(70)74(51,71)88-68(50,4)61(71)59(80)63(72)81/h5-7,10-11,21,25,31,37,40,42-45,47-50,52-56,60-64,76,78-79,81H,8-9,12-13,15-16,18-20,22-24,26-30,32-36,38-39H2,1-4H3. The van der Waals surface area contributed by atoms with Crippen LogP contribution in [0.25, 0.3) is 0 Å². The van der Waals surface area contributed by atoms with Gasteiger partial charge < -0.3 is 43.6 Å². The van der Waals surface area contributed by atoms with Crippen LogP contribution in [0.1, 0.15) is 159 Å². The first-order valence-corrected chi connectivity index (χ1v) is 35.3. The first kappa shape index (κ1) is 55.4. The molecular formula is C75H92N2O11. The van der Waals surface area contributed by atoms with Crippen molar-refractivity contribution >= 4 is 17.7 Å². The summed E-state index contributed by atoms with van der Waals surface area (Å²) >= 11 is 0. The van der Waals surface area contributed by atoms with Gasteiger partial charge >= 0.3 is 11.9 Å². The molecule has 13 fully saturated rings. The van der Waals surface area contributed by atoms with Crippen molar-refractivity contribution in [2.24, 2.45) is 116 Å². The number of fused-ring (bicyclic) bond motifs is 7. The number of carbonyl (C=O) groups is 3. The summed E-state index contributed by atoms with van der Waals surface area (Å²) in [5, 5.41) is 42.1. The van der Waals surface area contributed by atoms with Crippen molar-refractivity contribution < 1.29 is 53.1 Å². The van der Waals surface area contributed by atoms with Crippen molar-refractivity contribution in [2.75, 3.05) is 26.4 Å². The zero-order valence-electron chi connectivity index (χ0n) is 52.2. The van der Waals surface area contributed by atoms with Crippen LogP contribution in [0.15, 0.2) is 64.9 Å². The molecule has 7 aliphatic heterocycles. The number of aliphatic hydroxyl groups is 3. The van der Waals surface area contributed by atoms with Crippen molar-refractivity contribution in [3.05, 3.63) is 83.0 Å². The van der Waals surface area contributed by atoms with Crippen LogP contribution in [0, 0.1) is 128 Å². The van der Waals surface area contributed by atoms with Gasteiger partial charge in [-0.25, -0.2) is 4.79 Å². The Balaban J connectivity index is 0.864. The quantitative estimate of drug-likeness (QED) is 0.0808. The number of furan rings is 1. The Bertz CT molecular complexity index is 3470. The van der Waals surface area contributed by atoms with Crippen molar-refractivity contribution in [3.63, 3.8) is 0 Å². The second-order valence-electron chi connectivity index (χ2n) is 33.6. The normalized spacial score (nSPS) is 51.4. The van der Waals surface area contributed by atoms with Crippen LogP contribution in [0.4, 0.5) is 0 Å². The predicted molar refractivity (Wildman–Crippen MR) is 322 cm³/mol. The Labute approximate surface area is 518 Å². The molecule has 17 aliphatic rings. The molecule has 0 radical (unpaired) electrons. The van der Waals surface area contributed by atoms with E-state index in [1.807, 2.05) is 6.26 Å². The SMILES string of the molecule is CC(C)CC1C=C2CC3CCC4(CCCC4)C34CC3CC5(C)C67OC(=O)C8OC85C5(C(O)C(=O)C8C1(C)OC21C4C(=O)OCC81C35)C1CC(Cc2ccccc2)CCC1C#CC6CCc1coc(CC(C(O)CO)C2CCC3C(C=CN4CNCC34)C2)c17. The highest BCUT2D eigenvalue weighted by Crippen LogP contribution is 2.92. The lowest BCUT2D eigenvalue weighted by Gasteiger charge is -2.74. The zero-order valence-corrected chi connectivity index (χ0v) is 52.2. The number of nitrogens with zero attached hydrogens (tertiary/aromatic N) is 1. The van der Waals surface area contributed by atoms with E-state index >= 15 is 19.5 Å². The van der Waals surface area contributed by atoms with E-state index in [2.05, 4.69) is 98.4 Å². The monoisotopic (exact) mass is 1200 g/mol. The highest BCUT2D eigenvalue weighted by atomic mass is 16.7. The number of hydrogen-bond donors (Lipinski definition) is 4. The number of ether oxygens (including phenoxy) is 4. The summed E-state index contributed by atoms with van der Waals surface area (Å²) in [5.41, 5.74) is -5.18. The second-order valence-corrected chi connectivity index (χ2v) is 33.6. The molecule has 4 N–H and O–H groups in total. The smallest absolute Gasteiger partial charge is 0.339 e. The number of aliphatic hydroxyl groups excluding tert-OH is 3. The molecule has 9 bridgehead atoms. The Morgan fingerprint density at radius 2 is 1.75 bits per heavy atom. The fourth-order valence-corrected chi connectivity index (χ4v) is 28.5. The molecule has 26 atom stereocenters. The second kappa shape index (κ2) is 18.1. The fraction of sp³-hybridized carbons (Fsp3) is 0.747. The molecule has 7 spiro atoms. The van der Waals surface area contributed by atoms with Crippen LogP contribution in [0.2, 0.25) is 0 Å². The molecule has 8 heterocycles. The van der Waals surface area contributed by atoms with Crippen molar-refractivity contribution in [1.82, 2.24) is 10.2 Å². The van der Waals surface area contributed by atoms with Gasteiger partial charge in [0.1, 0.15) is 29.7 Å². The molecular weight excluding hydrogens is 1100 g/mol. The number of esters is 2. The number of carbonyl (C=O) groups excluding carboxylic acids is 3. The van der Waals surface area contributed by atoms with E-state index in [0.717, 1.165) is 121 Å². The number of ketones is 1. The molecule has 2 aromatic rings. The lowest BCUT2D eigenvalue weighted by atomic mass is 9.28. The van der Waals surface area contributed by atoms with Gasteiger partial charge in [0.25, 0.3) is 0 Å². The fourth-order valence-electron chi connectivity index (χ4n) is 28.5. The van der Waals surface area contributed by atoms with E-state index in [9.17, 15) is 10.2 Å².